The topological polar surface area (TPSA) is 55.7 Å². The molecular formula is C11H8F3N3OS. The van der Waals surface area contributed by atoms with Gasteiger partial charge in [-0.15, -0.1) is 11.3 Å². The van der Waals surface area contributed by atoms with Crippen LogP contribution in [-0.4, -0.2) is 21.0 Å². The number of carbonyl (C=O) groups is 1. The van der Waals surface area contributed by atoms with Gasteiger partial charge in [0.05, 0.1) is 16.3 Å². The van der Waals surface area contributed by atoms with E-state index in [2.05, 4.69) is 15.2 Å². The molecular weight excluding hydrogens is 279 g/mol. The molecule has 0 unspecified atom stereocenters. The minimum absolute atomic E-state index is 0.0668. The van der Waals surface area contributed by atoms with Crippen LogP contribution in [0.1, 0.15) is 31.6 Å². The Bertz CT molecular complexity index is 636. The van der Waals surface area contributed by atoms with Gasteiger partial charge in [0.1, 0.15) is 0 Å². The highest BCUT2D eigenvalue weighted by Gasteiger charge is 2.35. The van der Waals surface area contributed by atoms with E-state index in [1.165, 1.54) is 6.07 Å². The van der Waals surface area contributed by atoms with E-state index < -0.39 is 17.0 Å². The zero-order valence-corrected chi connectivity index (χ0v) is 10.8. The number of aryl methyl sites for hydroxylation is 2. The molecule has 0 aliphatic heterocycles. The molecule has 2 aromatic rings. The molecule has 0 saturated carbocycles. The fraction of sp³-hybridized carbons (Fsp3) is 0.273. The Morgan fingerprint density at radius 1 is 1.26 bits per heavy atom. The number of ketones is 1. The SMILES string of the molecule is Cc1cc(C(=O)c2cnc(C(F)(F)F)s2)c(C)nn1. The summed E-state index contributed by atoms with van der Waals surface area (Å²) in [6.07, 6.45) is -3.60. The highest BCUT2D eigenvalue weighted by Crippen LogP contribution is 2.33. The van der Waals surface area contributed by atoms with Gasteiger partial charge in [0, 0.05) is 11.8 Å². The van der Waals surface area contributed by atoms with Crippen molar-refractivity contribution in [1.29, 1.82) is 0 Å². The van der Waals surface area contributed by atoms with Gasteiger partial charge >= 0.3 is 6.18 Å². The van der Waals surface area contributed by atoms with Crippen LogP contribution in [0, 0.1) is 13.8 Å². The molecule has 0 fully saturated rings. The van der Waals surface area contributed by atoms with Crippen molar-refractivity contribution in [3.63, 3.8) is 0 Å². The van der Waals surface area contributed by atoms with Gasteiger partial charge < -0.3 is 0 Å². The Morgan fingerprint density at radius 3 is 2.53 bits per heavy atom. The Labute approximate surface area is 110 Å². The molecule has 0 N–H and O–H groups in total. The minimum atomic E-state index is -4.54. The third kappa shape index (κ3) is 2.78. The second-order valence-corrected chi connectivity index (χ2v) is 4.87. The lowest BCUT2D eigenvalue weighted by atomic mass is 10.1. The van der Waals surface area contributed by atoms with E-state index in [0.717, 1.165) is 6.20 Å². The maximum Gasteiger partial charge on any atom is 0.443 e. The normalized spacial score (nSPS) is 11.6. The average molecular weight is 287 g/mol. The lowest BCUT2D eigenvalue weighted by Crippen LogP contribution is -2.06. The molecule has 0 atom stereocenters. The number of hydrogen-bond donors (Lipinski definition) is 0. The molecule has 0 radical (unpaired) electrons. The van der Waals surface area contributed by atoms with Crippen LogP contribution in [-0.2, 0) is 6.18 Å². The summed E-state index contributed by atoms with van der Waals surface area (Å²) in [5.74, 6) is -0.525. The highest BCUT2D eigenvalue weighted by atomic mass is 32.1. The first-order valence-electron chi connectivity index (χ1n) is 5.17. The van der Waals surface area contributed by atoms with E-state index in [-0.39, 0.29) is 10.4 Å². The quantitative estimate of drug-likeness (QED) is 0.797. The van der Waals surface area contributed by atoms with Gasteiger partial charge in [-0.05, 0) is 19.9 Å². The van der Waals surface area contributed by atoms with Gasteiger partial charge in [-0.1, -0.05) is 0 Å². The van der Waals surface area contributed by atoms with Crippen molar-refractivity contribution in [2.45, 2.75) is 20.0 Å². The van der Waals surface area contributed by atoms with Crippen LogP contribution in [0.5, 0.6) is 0 Å². The molecule has 0 spiro atoms. The van der Waals surface area contributed by atoms with E-state index in [0.29, 0.717) is 22.7 Å². The summed E-state index contributed by atoms with van der Waals surface area (Å²) in [6.45, 7) is 3.22. The van der Waals surface area contributed by atoms with Gasteiger partial charge in [-0.2, -0.15) is 23.4 Å². The van der Waals surface area contributed by atoms with Gasteiger partial charge in [0.2, 0.25) is 5.78 Å². The molecule has 2 aromatic heterocycles. The van der Waals surface area contributed by atoms with Crippen LogP contribution in [0.15, 0.2) is 12.3 Å². The summed E-state index contributed by atoms with van der Waals surface area (Å²) in [7, 11) is 0. The van der Waals surface area contributed by atoms with Gasteiger partial charge in [0.15, 0.2) is 5.01 Å². The summed E-state index contributed by atoms with van der Waals surface area (Å²) >= 11 is 0.323. The predicted molar refractivity (Wildman–Crippen MR) is 62.1 cm³/mol. The minimum Gasteiger partial charge on any atom is -0.288 e. The van der Waals surface area contributed by atoms with Crippen molar-refractivity contribution in [2.24, 2.45) is 0 Å². The lowest BCUT2D eigenvalue weighted by molar-refractivity contribution is -0.137. The molecule has 0 bridgehead atoms. The fourth-order valence-electron chi connectivity index (χ4n) is 1.42. The fourth-order valence-corrected chi connectivity index (χ4v) is 2.16. The molecule has 0 aromatic carbocycles. The standard InChI is InChI=1S/C11H8F3N3OS/c1-5-3-7(6(2)17-16-5)9(18)8-4-15-10(19-8)11(12,13)14/h3-4H,1-2H3. The Hall–Kier alpha value is -1.83. The first-order chi connectivity index (χ1) is 8.79. The average Bonchev–Trinajstić information content (AvgIpc) is 2.80. The molecule has 2 rings (SSSR count). The molecule has 100 valence electrons. The third-order valence-electron chi connectivity index (χ3n) is 2.32. The molecule has 0 aliphatic carbocycles. The predicted octanol–water partition coefficient (Wildman–Crippen LogP) is 2.80. The number of carbonyl (C=O) groups excluding carboxylic acids is 1. The summed E-state index contributed by atoms with van der Waals surface area (Å²) in [6, 6.07) is 1.50. The molecule has 0 aliphatic rings. The monoisotopic (exact) mass is 287 g/mol. The summed E-state index contributed by atoms with van der Waals surface area (Å²) in [5, 5.41) is 6.50. The van der Waals surface area contributed by atoms with Crippen LogP contribution < -0.4 is 0 Å². The summed E-state index contributed by atoms with van der Waals surface area (Å²) in [4.78, 5) is 15.3. The van der Waals surface area contributed by atoms with Crippen LogP contribution in [0.25, 0.3) is 0 Å². The second-order valence-electron chi connectivity index (χ2n) is 3.84. The van der Waals surface area contributed by atoms with Crippen LogP contribution in [0.3, 0.4) is 0 Å². The molecule has 0 amide bonds. The number of alkyl halides is 3. The lowest BCUT2D eigenvalue weighted by Gasteiger charge is -2.02. The van der Waals surface area contributed by atoms with Crippen molar-refractivity contribution in [2.75, 3.05) is 0 Å². The van der Waals surface area contributed by atoms with Gasteiger partial charge in [-0.25, -0.2) is 4.98 Å². The maximum absolute atomic E-state index is 12.4. The second kappa shape index (κ2) is 4.69. The number of hydrogen-bond acceptors (Lipinski definition) is 5. The molecule has 4 nitrogen and oxygen atoms in total. The van der Waals surface area contributed by atoms with Crippen molar-refractivity contribution < 1.29 is 18.0 Å². The first kappa shape index (κ1) is 13.6. The number of halogens is 3. The van der Waals surface area contributed by atoms with Gasteiger partial charge in [0.25, 0.3) is 0 Å². The van der Waals surface area contributed by atoms with Crippen LogP contribution in [0.4, 0.5) is 13.2 Å². The molecule has 8 heteroatoms. The van der Waals surface area contributed by atoms with Crippen molar-refractivity contribution in [1.82, 2.24) is 15.2 Å². The summed E-state index contributed by atoms with van der Waals surface area (Å²) in [5.41, 5.74) is 1.14. The van der Waals surface area contributed by atoms with Crippen molar-refractivity contribution >= 4 is 17.1 Å². The number of nitrogens with zero attached hydrogens (tertiary/aromatic N) is 3. The molecule has 0 saturated heterocycles. The first-order valence-corrected chi connectivity index (χ1v) is 5.99. The number of thiazole rings is 1. The largest absolute Gasteiger partial charge is 0.443 e. The third-order valence-corrected chi connectivity index (χ3v) is 3.36. The Kier molecular flexibility index (Phi) is 3.36. The smallest absolute Gasteiger partial charge is 0.288 e. The van der Waals surface area contributed by atoms with E-state index in [4.69, 9.17) is 0 Å². The van der Waals surface area contributed by atoms with Gasteiger partial charge in [-0.3, -0.25) is 4.79 Å². The summed E-state index contributed by atoms with van der Waals surface area (Å²) < 4.78 is 37.3. The zero-order valence-electron chi connectivity index (χ0n) is 9.95. The van der Waals surface area contributed by atoms with Crippen LogP contribution >= 0.6 is 11.3 Å². The maximum atomic E-state index is 12.4. The molecule has 19 heavy (non-hydrogen) atoms. The van der Waals surface area contributed by atoms with Crippen molar-refractivity contribution in [3.8, 4) is 0 Å². The Balaban J connectivity index is 2.39. The van der Waals surface area contributed by atoms with E-state index >= 15 is 0 Å². The number of aromatic nitrogens is 3. The highest BCUT2D eigenvalue weighted by molar-refractivity contribution is 7.14. The van der Waals surface area contributed by atoms with Crippen LogP contribution in [0.2, 0.25) is 0 Å². The van der Waals surface area contributed by atoms with Crippen molar-refractivity contribution in [3.05, 3.63) is 39.1 Å². The van der Waals surface area contributed by atoms with E-state index in [1.54, 1.807) is 13.8 Å². The zero-order chi connectivity index (χ0) is 14.2. The Morgan fingerprint density at radius 2 is 1.95 bits per heavy atom. The molecule has 2 heterocycles. The van der Waals surface area contributed by atoms with E-state index in [1.807, 2.05) is 0 Å². The van der Waals surface area contributed by atoms with E-state index in [9.17, 15) is 18.0 Å². The number of rotatable bonds is 2.